The third-order valence-electron chi connectivity index (χ3n) is 3.77. The molecule has 0 spiro atoms. The summed E-state index contributed by atoms with van der Waals surface area (Å²) < 4.78 is 10.7. The van der Waals surface area contributed by atoms with Gasteiger partial charge in [0.25, 0.3) is 5.91 Å². The molecular formula is C16H13Cl2NO5. The van der Waals surface area contributed by atoms with E-state index in [9.17, 15) is 14.7 Å². The largest absolute Gasteiger partial charge is 0.484 e. The van der Waals surface area contributed by atoms with Crippen molar-refractivity contribution in [2.75, 3.05) is 13.2 Å². The van der Waals surface area contributed by atoms with Crippen molar-refractivity contribution in [2.45, 2.75) is 12.5 Å². The first-order valence-corrected chi connectivity index (χ1v) is 7.89. The van der Waals surface area contributed by atoms with Crippen molar-refractivity contribution in [1.82, 2.24) is 4.90 Å². The van der Waals surface area contributed by atoms with Crippen molar-refractivity contribution in [3.8, 4) is 5.75 Å². The molecule has 1 atom stereocenters. The number of hydrogen-bond donors (Lipinski definition) is 1. The van der Waals surface area contributed by atoms with Crippen LogP contribution < -0.4 is 4.74 Å². The van der Waals surface area contributed by atoms with Crippen molar-refractivity contribution in [2.24, 2.45) is 0 Å². The summed E-state index contributed by atoms with van der Waals surface area (Å²) in [6, 6.07) is 5.14. The molecule has 0 bridgehead atoms. The van der Waals surface area contributed by atoms with Crippen LogP contribution >= 0.6 is 23.2 Å². The van der Waals surface area contributed by atoms with E-state index in [1.165, 1.54) is 17.2 Å². The van der Waals surface area contributed by atoms with Gasteiger partial charge < -0.3 is 19.2 Å². The minimum atomic E-state index is -1.11. The average molecular weight is 370 g/mol. The minimum absolute atomic E-state index is 0.251. The van der Waals surface area contributed by atoms with E-state index in [0.717, 1.165) is 0 Å². The second kappa shape index (κ2) is 6.75. The molecule has 6 nitrogen and oxygen atoms in total. The van der Waals surface area contributed by atoms with E-state index in [1.54, 1.807) is 18.2 Å². The molecule has 24 heavy (non-hydrogen) atoms. The molecule has 1 unspecified atom stereocenters. The first kappa shape index (κ1) is 16.7. The number of fused-ring (bicyclic) bond motifs is 1. The maximum absolute atomic E-state index is 12.4. The van der Waals surface area contributed by atoms with E-state index < -0.39 is 17.9 Å². The Labute approximate surface area is 147 Å². The minimum Gasteiger partial charge on any atom is -0.484 e. The van der Waals surface area contributed by atoms with Crippen LogP contribution in [0.2, 0.25) is 10.0 Å². The zero-order valence-corrected chi connectivity index (χ0v) is 13.9. The standard InChI is InChI=1S/C16H13Cl2NO5/c17-11-2-1-9(7-12(11)18)24-8-14(20)19-5-3-13-10(4-6-23-13)15(19)16(21)22/h1-2,4,6-7,15H,3,5,8H2,(H,21,22). The Morgan fingerprint density at radius 1 is 1.29 bits per heavy atom. The first-order valence-electron chi connectivity index (χ1n) is 7.13. The molecule has 1 aliphatic rings. The SMILES string of the molecule is O=C(O)C1c2ccoc2CCN1C(=O)COc1ccc(Cl)c(Cl)c1. The molecule has 1 N–H and O–H groups in total. The molecule has 126 valence electrons. The Balaban J connectivity index is 1.72. The Bertz CT molecular complexity index is 789. The van der Waals surface area contributed by atoms with Gasteiger partial charge in [-0.3, -0.25) is 4.79 Å². The van der Waals surface area contributed by atoms with Gasteiger partial charge in [-0.2, -0.15) is 0 Å². The van der Waals surface area contributed by atoms with Gasteiger partial charge in [0.1, 0.15) is 11.5 Å². The molecule has 0 radical (unpaired) electrons. The molecule has 3 rings (SSSR count). The fourth-order valence-electron chi connectivity index (χ4n) is 2.65. The van der Waals surface area contributed by atoms with Gasteiger partial charge in [0, 0.05) is 24.6 Å². The van der Waals surface area contributed by atoms with Crippen LogP contribution in [-0.2, 0) is 16.0 Å². The number of carboxylic acid groups (broad SMARTS) is 1. The van der Waals surface area contributed by atoms with E-state index in [2.05, 4.69) is 0 Å². The molecule has 0 aliphatic carbocycles. The van der Waals surface area contributed by atoms with Crippen LogP contribution in [0, 0.1) is 0 Å². The Hall–Kier alpha value is -2.18. The number of aliphatic carboxylic acids is 1. The highest BCUT2D eigenvalue weighted by Gasteiger charge is 2.37. The Kier molecular flexibility index (Phi) is 4.69. The lowest BCUT2D eigenvalue weighted by molar-refractivity contribution is -0.152. The monoisotopic (exact) mass is 369 g/mol. The second-order valence-corrected chi connectivity index (χ2v) is 6.06. The zero-order chi connectivity index (χ0) is 17.3. The van der Waals surface area contributed by atoms with Crippen LogP contribution in [-0.4, -0.2) is 35.0 Å². The Morgan fingerprint density at radius 3 is 2.79 bits per heavy atom. The smallest absolute Gasteiger partial charge is 0.331 e. The molecule has 2 aromatic rings. The predicted molar refractivity (Wildman–Crippen MR) is 86.5 cm³/mol. The van der Waals surface area contributed by atoms with Crippen molar-refractivity contribution in [3.05, 3.63) is 51.9 Å². The molecule has 1 aromatic heterocycles. The number of ether oxygens (including phenoxy) is 1. The van der Waals surface area contributed by atoms with Crippen LogP contribution in [0.3, 0.4) is 0 Å². The maximum Gasteiger partial charge on any atom is 0.331 e. The topological polar surface area (TPSA) is 80.0 Å². The number of carbonyl (C=O) groups is 2. The molecule has 1 aromatic carbocycles. The molecule has 1 amide bonds. The maximum atomic E-state index is 12.4. The van der Waals surface area contributed by atoms with E-state index in [4.69, 9.17) is 32.4 Å². The molecular weight excluding hydrogens is 357 g/mol. The van der Waals surface area contributed by atoms with Crippen LogP contribution in [0.25, 0.3) is 0 Å². The van der Waals surface area contributed by atoms with E-state index in [0.29, 0.717) is 33.5 Å². The van der Waals surface area contributed by atoms with Crippen molar-refractivity contribution in [1.29, 1.82) is 0 Å². The van der Waals surface area contributed by atoms with Crippen LogP contribution in [0.1, 0.15) is 17.4 Å². The lowest BCUT2D eigenvalue weighted by Gasteiger charge is -2.32. The molecule has 0 saturated carbocycles. The van der Waals surface area contributed by atoms with Gasteiger partial charge in [-0.05, 0) is 18.2 Å². The average Bonchev–Trinajstić information content (AvgIpc) is 3.03. The summed E-state index contributed by atoms with van der Waals surface area (Å²) in [7, 11) is 0. The lowest BCUT2D eigenvalue weighted by Crippen LogP contribution is -2.45. The zero-order valence-electron chi connectivity index (χ0n) is 12.4. The summed E-state index contributed by atoms with van der Waals surface area (Å²) in [4.78, 5) is 25.3. The van der Waals surface area contributed by atoms with Crippen LogP contribution in [0.5, 0.6) is 5.75 Å². The molecule has 0 saturated heterocycles. The predicted octanol–water partition coefficient (Wildman–Crippen LogP) is 3.18. The molecule has 8 heteroatoms. The third-order valence-corrected chi connectivity index (χ3v) is 4.51. The summed E-state index contributed by atoms with van der Waals surface area (Å²) in [6.07, 6.45) is 1.89. The fraction of sp³-hybridized carbons (Fsp3) is 0.250. The van der Waals surface area contributed by atoms with Crippen molar-refractivity contribution >= 4 is 35.1 Å². The van der Waals surface area contributed by atoms with E-state index >= 15 is 0 Å². The number of furan rings is 1. The normalized spacial score (nSPS) is 16.6. The van der Waals surface area contributed by atoms with Gasteiger partial charge in [-0.25, -0.2) is 4.79 Å². The van der Waals surface area contributed by atoms with Crippen LogP contribution in [0.15, 0.2) is 34.9 Å². The summed E-state index contributed by atoms with van der Waals surface area (Å²) >= 11 is 11.7. The number of rotatable bonds is 4. The summed E-state index contributed by atoms with van der Waals surface area (Å²) in [5, 5.41) is 10.2. The number of benzene rings is 1. The number of carbonyl (C=O) groups excluding carboxylic acids is 1. The van der Waals surface area contributed by atoms with Gasteiger partial charge in [0.05, 0.1) is 16.3 Å². The Morgan fingerprint density at radius 2 is 2.08 bits per heavy atom. The van der Waals surface area contributed by atoms with Gasteiger partial charge in [0.2, 0.25) is 0 Å². The molecule has 2 heterocycles. The van der Waals surface area contributed by atoms with Crippen LogP contribution in [0.4, 0.5) is 0 Å². The number of carboxylic acids is 1. The third kappa shape index (κ3) is 3.20. The quantitative estimate of drug-likeness (QED) is 0.894. The number of amides is 1. The number of nitrogens with zero attached hydrogens (tertiary/aromatic N) is 1. The van der Waals surface area contributed by atoms with Gasteiger partial charge in [-0.15, -0.1) is 0 Å². The summed E-state index contributed by atoms with van der Waals surface area (Å²) in [5.41, 5.74) is 0.497. The number of hydrogen-bond acceptors (Lipinski definition) is 4. The highest BCUT2D eigenvalue weighted by atomic mass is 35.5. The first-order chi connectivity index (χ1) is 11.5. The summed E-state index contributed by atoms with van der Waals surface area (Å²) in [6.45, 7) is -0.0457. The van der Waals surface area contributed by atoms with Crippen molar-refractivity contribution < 1.29 is 23.8 Å². The van der Waals surface area contributed by atoms with Gasteiger partial charge in [0.15, 0.2) is 12.6 Å². The highest BCUT2D eigenvalue weighted by Crippen LogP contribution is 2.31. The van der Waals surface area contributed by atoms with Crippen molar-refractivity contribution in [3.63, 3.8) is 0 Å². The second-order valence-electron chi connectivity index (χ2n) is 5.24. The molecule has 0 fully saturated rings. The molecule has 1 aliphatic heterocycles. The fourth-order valence-corrected chi connectivity index (χ4v) is 2.93. The lowest BCUT2D eigenvalue weighted by atomic mass is 9.99. The van der Waals surface area contributed by atoms with E-state index in [-0.39, 0.29) is 13.2 Å². The summed E-state index contributed by atoms with van der Waals surface area (Å²) in [5.74, 6) is -0.567. The number of halogens is 2. The van der Waals surface area contributed by atoms with Gasteiger partial charge >= 0.3 is 5.97 Å². The van der Waals surface area contributed by atoms with E-state index in [1.807, 2.05) is 0 Å². The van der Waals surface area contributed by atoms with Gasteiger partial charge in [-0.1, -0.05) is 23.2 Å². The highest BCUT2D eigenvalue weighted by molar-refractivity contribution is 6.42.